The maximum absolute atomic E-state index is 13.7. The molecule has 2 N–H and O–H groups in total. The highest BCUT2D eigenvalue weighted by molar-refractivity contribution is 9.10. The largest absolute Gasteiger partial charge is 0.328 e. The Kier molecular flexibility index (Phi) is 3.91. The molecule has 1 aromatic carbocycles. The number of hydrogen-bond donors (Lipinski definition) is 1. The molecule has 0 aliphatic carbocycles. The molecule has 0 amide bonds. The molecule has 1 heterocycles. The smallest absolute Gasteiger partial charge is 0.133 e. The van der Waals surface area contributed by atoms with Crippen molar-refractivity contribution in [2.24, 2.45) is 5.73 Å². The molecule has 0 aliphatic rings. The zero-order valence-electron chi connectivity index (χ0n) is 9.28. The van der Waals surface area contributed by atoms with Crippen molar-refractivity contribution in [1.82, 2.24) is 4.98 Å². The Bertz CT molecular complexity index is 525. The van der Waals surface area contributed by atoms with Gasteiger partial charge in [0, 0.05) is 27.9 Å². The topological polar surface area (TPSA) is 38.9 Å². The standard InChI is InChI=1S/C12H12BrFN2S/c1-7(15)4-12-16-11(6-17-12)9-3-2-8(13)5-10(9)14/h2-3,5-7H,4,15H2,1H3. The van der Waals surface area contributed by atoms with E-state index >= 15 is 0 Å². The normalized spacial score (nSPS) is 12.7. The van der Waals surface area contributed by atoms with E-state index in [1.807, 2.05) is 18.4 Å². The van der Waals surface area contributed by atoms with Gasteiger partial charge in [-0.25, -0.2) is 9.37 Å². The van der Waals surface area contributed by atoms with E-state index in [9.17, 15) is 4.39 Å². The zero-order valence-corrected chi connectivity index (χ0v) is 11.7. The number of rotatable bonds is 3. The predicted molar refractivity (Wildman–Crippen MR) is 72.6 cm³/mol. The van der Waals surface area contributed by atoms with Gasteiger partial charge in [0.05, 0.1) is 10.7 Å². The van der Waals surface area contributed by atoms with Gasteiger partial charge in [0.1, 0.15) is 5.82 Å². The summed E-state index contributed by atoms with van der Waals surface area (Å²) in [6.07, 6.45) is 0.725. The molecule has 1 aromatic heterocycles. The molecule has 2 nitrogen and oxygen atoms in total. The number of halogens is 2. The fourth-order valence-electron chi connectivity index (χ4n) is 1.50. The van der Waals surface area contributed by atoms with E-state index in [-0.39, 0.29) is 11.9 Å². The highest BCUT2D eigenvalue weighted by Gasteiger charge is 2.10. The van der Waals surface area contributed by atoms with Gasteiger partial charge in [-0.3, -0.25) is 0 Å². The average molecular weight is 315 g/mol. The van der Waals surface area contributed by atoms with Crippen molar-refractivity contribution in [2.45, 2.75) is 19.4 Å². The van der Waals surface area contributed by atoms with E-state index in [2.05, 4.69) is 20.9 Å². The first-order chi connectivity index (χ1) is 8.06. The molecule has 0 fully saturated rings. The number of hydrogen-bond acceptors (Lipinski definition) is 3. The number of nitrogens with two attached hydrogens (primary N) is 1. The van der Waals surface area contributed by atoms with Crippen LogP contribution in [0.5, 0.6) is 0 Å². The lowest BCUT2D eigenvalue weighted by atomic mass is 10.1. The summed E-state index contributed by atoms with van der Waals surface area (Å²) in [5.41, 5.74) is 6.91. The molecule has 90 valence electrons. The van der Waals surface area contributed by atoms with Crippen LogP contribution in [0.2, 0.25) is 0 Å². The molecule has 0 spiro atoms. The van der Waals surface area contributed by atoms with Gasteiger partial charge >= 0.3 is 0 Å². The third kappa shape index (κ3) is 3.12. The van der Waals surface area contributed by atoms with Crippen LogP contribution in [-0.2, 0) is 6.42 Å². The summed E-state index contributed by atoms with van der Waals surface area (Å²) in [5.74, 6) is -0.267. The summed E-state index contributed by atoms with van der Waals surface area (Å²) in [4.78, 5) is 4.39. The Morgan fingerprint density at radius 1 is 1.53 bits per heavy atom. The Morgan fingerprint density at radius 3 is 2.94 bits per heavy atom. The monoisotopic (exact) mass is 314 g/mol. The Morgan fingerprint density at radius 2 is 2.29 bits per heavy atom. The van der Waals surface area contributed by atoms with E-state index in [0.29, 0.717) is 11.3 Å². The first-order valence-corrected chi connectivity index (χ1v) is 6.89. The van der Waals surface area contributed by atoms with Crippen LogP contribution in [0.25, 0.3) is 11.3 Å². The predicted octanol–water partition coefficient (Wildman–Crippen LogP) is 3.60. The van der Waals surface area contributed by atoms with Crippen LogP contribution in [0.3, 0.4) is 0 Å². The fraction of sp³-hybridized carbons (Fsp3) is 0.250. The van der Waals surface area contributed by atoms with Gasteiger partial charge in [-0.05, 0) is 25.1 Å². The third-order valence-corrected chi connectivity index (χ3v) is 3.62. The highest BCUT2D eigenvalue weighted by Crippen LogP contribution is 2.27. The molecule has 1 atom stereocenters. The van der Waals surface area contributed by atoms with Crippen LogP contribution in [0, 0.1) is 5.82 Å². The number of benzene rings is 1. The molecule has 2 rings (SSSR count). The quantitative estimate of drug-likeness (QED) is 0.940. The minimum atomic E-state index is -0.267. The molecule has 1 unspecified atom stereocenters. The Labute approximate surface area is 112 Å². The van der Waals surface area contributed by atoms with Gasteiger partial charge < -0.3 is 5.73 Å². The minimum Gasteiger partial charge on any atom is -0.328 e. The van der Waals surface area contributed by atoms with Crippen molar-refractivity contribution >= 4 is 27.3 Å². The lowest BCUT2D eigenvalue weighted by molar-refractivity contribution is 0.630. The van der Waals surface area contributed by atoms with Gasteiger partial charge in [-0.15, -0.1) is 11.3 Å². The van der Waals surface area contributed by atoms with Crippen molar-refractivity contribution in [3.8, 4) is 11.3 Å². The third-order valence-electron chi connectivity index (χ3n) is 2.26. The molecule has 17 heavy (non-hydrogen) atoms. The summed E-state index contributed by atoms with van der Waals surface area (Å²) in [6.45, 7) is 1.93. The Balaban J connectivity index is 2.30. The molecule has 5 heteroatoms. The van der Waals surface area contributed by atoms with Crippen LogP contribution in [-0.4, -0.2) is 11.0 Å². The fourth-order valence-corrected chi connectivity index (χ4v) is 2.77. The molecule has 0 aliphatic heterocycles. The van der Waals surface area contributed by atoms with Crippen molar-refractivity contribution in [2.75, 3.05) is 0 Å². The van der Waals surface area contributed by atoms with Crippen molar-refractivity contribution in [3.05, 3.63) is 38.9 Å². The van der Waals surface area contributed by atoms with E-state index in [1.165, 1.54) is 17.4 Å². The van der Waals surface area contributed by atoms with E-state index in [0.717, 1.165) is 15.9 Å². The van der Waals surface area contributed by atoms with Gasteiger partial charge in [0.15, 0.2) is 0 Å². The lowest BCUT2D eigenvalue weighted by Gasteiger charge is -2.01. The second-order valence-corrected chi connectivity index (χ2v) is 5.79. The van der Waals surface area contributed by atoms with E-state index < -0.39 is 0 Å². The van der Waals surface area contributed by atoms with Crippen molar-refractivity contribution in [3.63, 3.8) is 0 Å². The van der Waals surface area contributed by atoms with Crippen LogP contribution >= 0.6 is 27.3 Å². The van der Waals surface area contributed by atoms with Gasteiger partial charge in [0.25, 0.3) is 0 Å². The van der Waals surface area contributed by atoms with Crippen LogP contribution in [0.15, 0.2) is 28.1 Å². The van der Waals surface area contributed by atoms with Crippen LogP contribution < -0.4 is 5.73 Å². The SMILES string of the molecule is CC(N)Cc1nc(-c2ccc(Br)cc2F)cs1. The maximum atomic E-state index is 13.7. The van der Waals surface area contributed by atoms with Crippen molar-refractivity contribution in [1.29, 1.82) is 0 Å². The van der Waals surface area contributed by atoms with Crippen molar-refractivity contribution < 1.29 is 4.39 Å². The second-order valence-electron chi connectivity index (χ2n) is 3.93. The summed E-state index contributed by atoms with van der Waals surface area (Å²) in [6, 6.07) is 5.05. The highest BCUT2D eigenvalue weighted by atomic mass is 79.9. The summed E-state index contributed by atoms with van der Waals surface area (Å²) >= 11 is 4.75. The summed E-state index contributed by atoms with van der Waals surface area (Å²) in [5, 5.41) is 2.81. The van der Waals surface area contributed by atoms with Gasteiger partial charge in [0.2, 0.25) is 0 Å². The Hall–Kier alpha value is -0.780. The molecular weight excluding hydrogens is 303 g/mol. The number of aromatic nitrogens is 1. The molecule has 2 aromatic rings. The van der Waals surface area contributed by atoms with Gasteiger partial charge in [-0.2, -0.15) is 0 Å². The summed E-state index contributed by atoms with van der Waals surface area (Å²) < 4.78 is 14.4. The minimum absolute atomic E-state index is 0.0729. The molecule has 0 saturated carbocycles. The van der Waals surface area contributed by atoms with E-state index in [4.69, 9.17) is 5.73 Å². The molecular formula is C12H12BrFN2S. The molecule has 0 bridgehead atoms. The summed E-state index contributed by atoms with van der Waals surface area (Å²) in [7, 11) is 0. The van der Waals surface area contributed by atoms with Crippen LogP contribution in [0.4, 0.5) is 4.39 Å². The first kappa shape index (κ1) is 12.7. The number of thiazole rings is 1. The second kappa shape index (κ2) is 5.25. The lowest BCUT2D eigenvalue weighted by Crippen LogP contribution is -2.17. The molecule has 0 radical (unpaired) electrons. The first-order valence-electron chi connectivity index (χ1n) is 5.21. The average Bonchev–Trinajstić information content (AvgIpc) is 2.65. The van der Waals surface area contributed by atoms with E-state index in [1.54, 1.807) is 6.07 Å². The molecule has 0 saturated heterocycles. The van der Waals surface area contributed by atoms with Crippen LogP contribution in [0.1, 0.15) is 11.9 Å². The zero-order chi connectivity index (χ0) is 12.4. The maximum Gasteiger partial charge on any atom is 0.133 e. The van der Waals surface area contributed by atoms with Gasteiger partial charge in [-0.1, -0.05) is 15.9 Å². The number of nitrogens with zero attached hydrogens (tertiary/aromatic N) is 1.